The molecule has 140 valence electrons. The van der Waals surface area contributed by atoms with Crippen molar-refractivity contribution in [2.75, 3.05) is 0 Å². The number of halogens is 2. The first-order valence-electron chi connectivity index (χ1n) is 8.48. The van der Waals surface area contributed by atoms with Gasteiger partial charge in [-0.05, 0) is 42.3 Å². The second kappa shape index (κ2) is 8.39. The largest absolute Gasteiger partial charge is 0.331 e. The second-order valence-electron chi connectivity index (χ2n) is 5.90. The maximum absolute atomic E-state index is 13.3. The van der Waals surface area contributed by atoms with Crippen LogP contribution in [0.4, 0.5) is 13.6 Å². The van der Waals surface area contributed by atoms with Crippen molar-refractivity contribution >= 4 is 6.03 Å². The van der Waals surface area contributed by atoms with E-state index in [2.05, 4.69) is 20.8 Å². The number of benzene rings is 2. The molecule has 0 spiro atoms. The van der Waals surface area contributed by atoms with E-state index in [0.717, 1.165) is 0 Å². The zero-order chi connectivity index (χ0) is 19.2. The third-order valence-electron chi connectivity index (χ3n) is 4.13. The minimum absolute atomic E-state index is 0.208. The van der Waals surface area contributed by atoms with Gasteiger partial charge in [-0.3, -0.25) is 0 Å². The SMILES string of the molecule is CCn1cnnc1CNC(=O)NC(c1ccc(F)cc1)c1ccc(F)cc1. The molecule has 0 fully saturated rings. The average molecular weight is 371 g/mol. The molecule has 0 aliphatic carbocycles. The topological polar surface area (TPSA) is 71.8 Å². The maximum atomic E-state index is 13.3. The van der Waals surface area contributed by atoms with Gasteiger partial charge in [0.25, 0.3) is 0 Å². The summed E-state index contributed by atoms with van der Waals surface area (Å²) >= 11 is 0. The van der Waals surface area contributed by atoms with Crippen molar-refractivity contribution in [3.8, 4) is 0 Å². The Morgan fingerprint density at radius 1 is 1.04 bits per heavy atom. The number of aryl methyl sites for hydroxylation is 1. The highest BCUT2D eigenvalue weighted by atomic mass is 19.1. The van der Waals surface area contributed by atoms with Crippen LogP contribution in [0.1, 0.15) is 29.9 Å². The number of nitrogens with zero attached hydrogens (tertiary/aromatic N) is 3. The molecule has 2 N–H and O–H groups in total. The minimum Gasteiger partial charge on any atom is -0.331 e. The van der Waals surface area contributed by atoms with Crippen molar-refractivity contribution < 1.29 is 13.6 Å². The number of aromatic nitrogens is 3. The number of carbonyl (C=O) groups is 1. The molecule has 3 rings (SSSR count). The summed E-state index contributed by atoms with van der Waals surface area (Å²) in [6.07, 6.45) is 1.59. The first-order chi connectivity index (χ1) is 13.1. The van der Waals surface area contributed by atoms with Crippen LogP contribution >= 0.6 is 0 Å². The van der Waals surface area contributed by atoms with Gasteiger partial charge in [0.15, 0.2) is 5.82 Å². The molecule has 27 heavy (non-hydrogen) atoms. The molecule has 0 atom stereocenters. The predicted octanol–water partition coefficient (Wildman–Crippen LogP) is 3.17. The molecule has 3 aromatic rings. The fraction of sp³-hybridized carbons (Fsp3) is 0.211. The summed E-state index contributed by atoms with van der Waals surface area (Å²) in [6, 6.07) is 10.6. The number of urea groups is 1. The molecule has 0 aliphatic rings. The number of nitrogens with one attached hydrogen (secondary N) is 2. The molecule has 1 aromatic heterocycles. The van der Waals surface area contributed by atoms with E-state index in [-0.39, 0.29) is 18.2 Å². The fourth-order valence-electron chi connectivity index (χ4n) is 2.69. The first kappa shape index (κ1) is 18.5. The van der Waals surface area contributed by atoms with Gasteiger partial charge in [0.2, 0.25) is 0 Å². The number of amides is 2. The van der Waals surface area contributed by atoms with Crippen molar-refractivity contribution in [1.82, 2.24) is 25.4 Å². The number of hydrogen-bond donors (Lipinski definition) is 2. The molecule has 2 amide bonds. The Bertz CT molecular complexity index is 848. The lowest BCUT2D eigenvalue weighted by atomic mass is 9.99. The van der Waals surface area contributed by atoms with Gasteiger partial charge in [-0.2, -0.15) is 0 Å². The van der Waals surface area contributed by atoms with E-state index in [4.69, 9.17) is 0 Å². The van der Waals surface area contributed by atoms with Crippen LogP contribution in [0.25, 0.3) is 0 Å². The van der Waals surface area contributed by atoms with Crippen molar-refractivity contribution in [3.05, 3.63) is 83.4 Å². The molecule has 0 saturated heterocycles. The van der Waals surface area contributed by atoms with Crippen LogP contribution < -0.4 is 10.6 Å². The monoisotopic (exact) mass is 371 g/mol. The summed E-state index contributed by atoms with van der Waals surface area (Å²) in [7, 11) is 0. The molecule has 0 bridgehead atoms. The Hall–Kier alpha value is -3.29. The van der Waals surface area contributed by atoms with Crippen LogP contribution in [0.15, 0.2) is 54.9 Å². The molecule has 8 heteroatoms. The molecular formula is C19H19F2N5O. The summed E-state index contributed by atoms with van der Waals surface area (Å²) in [5.41, 5.74) is 1.35. The highest BCUT2D eigenvalue weighted by Gasteiger charge is 2.17. The summed E-state index contributed by atoms with van der Waals surface area (Å²) < 4.78 is 28.3. The Morgan fingerprint density at radius 3 is 2.11 bits per heavy atom. The Morgan fingerprint density at radius 2 is 1.59 bits per heavy atom. The van der Waals surface area contributed by atoms with E-state index in [1.807, 2.05) is 11.5 Å². The Balaban J connectivity index is 1.75. The third kappa shape index (κ3) is 4.66. The third-order valence-corrected chi connectivity index (χ3v) is 4.13. The predicted molar refractivity (Wildman–Crippen MR) is 95.7 cm³/mol. The summed E-state index contributed by atoms with van der Waals surface area (Å²) in [4.78, 5) is 12.4. The van der Waals surface area contributed by atoms with Crippen molar-refractivity contribution in [3.63, 3.8) is 0 Å². The second-order valence-corrected chi connectivity index (χ2v) is 5.90. The van der Waals surface area contributed by atoms with Gasteiger partial charge in [-0.15, -0.1) is 10.2 Å². The summed E-state index contributed by atoms with van der Waals surface area (Å²) in [5, 5.41) is 13.3. The summed E-state index contributed by atoms with van der Waals surface area (Å²) in [6.45, 7) is 2.85. The van der Waals surface area contributed by atoms with E-state index >= 15 is 0 Å². The smallest absolute Gasteiger partial charge is 0.315 e. The molecule has 0 unspecified atom stereocenters. The summed E-state index contributed by atoms with van der Waals surface area (Å²) in [5.74, 6) is -0.118. The molecule has 2 aromatic carbocycles. The molecule has 0 saturated carbocycles. The van der Waals surface area contributed by atoms with Crippen molar-refractivity contribution in [2.45, 2.75) is 26.1 Å². The van der Waals surface area contributed by atoms with Crippen LogP contribution in [0.3, 0.4) is 0 Å². The van der Waals surface area contributed by atoms with Gasteiger partial charge in [-0.1, -0.05) is 24.3 Å². The van der Waals surface area contributed by atoms with Crippen molar-refractivity contribution in [1.29, 1.82) is 0 Å². The molecule has 0 radical (unpaired) electrons. The zero-order valence-corrected chi connectivity index (χ0v) is 14.7. The average Bonchev–Trinajstić information content (AvgIpc) is 3.14. The van der Waals surface area contributed by atoms with Crippen LogP contribution in [0.5, 0.6) is 0 Å². The molecular weight excluding hydrogens is 352 g/mol. The van der Waals surface area contributed by atoms with Gasteiger partial charge < -0.3 is 15.2 Å². The number of hydrogen-bond acceptors (Lipinski definition) is 3. The van der Waals surface area contributed by atoms with E-state index in [1.54, 1.807) is 30.6 Å². The van der Waals surface area contributed by atoms with E-state index in [1.165, 1.54) is 24.3 Å². The van der Waals surface area contributed by atoms with E-state index in [0.29, 0.717) is 23.5 Å². The van der Waals surface area contributed by atoms with Crippen LogP contribution in [0.2, 0.25) is 0 Å². The number of rotatable bonds is 6. The van der Waals surface area contributed by atoms with Gasteiger partial charge in [0.05, 0.1) is 12.6 Å². The van der Waals surface area contributed by atoms with E-state index < -0.39 is 12.1 Å². The first-order valence-corrected chi connectivity index (χ1v) is 8.48. The normalized spacial score (nSPS) is 10.8. The van der Waals surface area contributed by atoms with Gasteiger partial charge in [0, 0.05) is 6.54 Å². The lowest BCUT2D eigenvalue weighted by Gasteiger charge is -2.20. The maximum Gasteiger partial charge on any atom is 0.315 e. The lowest BCUT2D eigenvalue weighted by molar-refractivity contribution is 0.238. The van der Waals surface area contributed by atoms with Gasteiger partial charge in [0.1, 0.15) is 18.0 Å². The Labute approximate surface area is 155 Å². The van der Waals surface area contributed by atoms with Gasteiger partial charge in [-0.25, -0.2) is 13.6 Å². The zero-order valence-electron chi connectivity index (χ0n) is 14.7. The van der Waals surface area contributed by atoms with Crippen molar-refractivity contribution in [2.24, 2.45) is 0 Å². The number of carbonyl (C=O) groups excluding carboxylic acids is 1. The highest BCUT2D eigenvalue weighted by Crippen LogP contribution is 2.22. The fourth-order valence-corrected chi connectivity index (χ4v) is 2.69. The quantitative estimate of drug-likeness (QED) is 0.699. The Kier molecular flexibility index (Phi) is 5.75. The van der Waals surface area contributed by atoms with Gasteiger partial charge >= 0.3 is 6.03 Å². The minimum atomic E-state index is -0.560. The molecule has 1 heterocycles. The standard InChI is InChI=1S/C19H19F2N5O/c1-2-26-12-23-25-17(26)11-22-19(27)24-18(13-3-7-15(20)8-4-13)14-5-9-16(21)10-6-14/h3-10,12,18H,2,11H2,1H3,(H2,22,24,27). The molecule has 0 aliphatic heterocycles. The van der Waals surface area contributed by atoms with E-state index in [9.17, 15) is 13.6 Å². The molecule has 6 nitrogen and oxygen atoms in total. The van der Waals surface area contributed by atoms with Crippen LogP contribution in [0, 0.1) is 11.6 Å². The van der Waals surface area contributed by atoms with Crippen LogP contribution in [-0.4, -0.2) is 20.8 Å². The highest BCUT2D eigenvalue weighted by molar-refractivity contribution is 5.75. The van der Waals surface area contributed by atoms with Crippen LogP contribution in [-0.2, 0) is 13.1 Å². The lowest BCUT2D eigenvalue weighted by Crippen LogP contribution is -2.38.